The Morgan fingerprint density at radius 3 is 0.609 bits per heavy atom. The minimum atomic E-state index is -1.49. The predicted octanol–water partition coefficient (Wildman–Crippen LogP) is 7.95. The molecule has 12 rings (SSSR count). The number of hydrogen-bond acceptors (Lipinski definition) is 26. The maximum atomic E-state index is 13.1. The van der Waals surface area contributed by atoms with E-state index in [4.69, 9.17) is 84.3 Å². The third-order valence-corrected chi connectivity index (χ3v) is 19.5. The minimum Gasteiger partial charge on any atom is -0.546 e. The Hall–Kier alpha value is -13.3. The van der Waals surface area contributed by atoms with Gasteiger partial charge in [-0.05, 0) is 220 Å². The first-order valence-corrected chi connectivity index (χ1v) is 38.9. The van der Waals surface area contributed by atoms with Gasteiger partial charge >= 0.3 is 58.0 Å². The summed E-state index contributed by atoms with van der Waals surface area (Å²) in [4.78, 5) is 165. The summed E-state index contributed by atoms with van der Waals surface area (Å²) in [5.41, 5.74) is 8.41. The topological polar surface area (TPSA) is 431 Å². The fraction of sp³-hybridized carbons (Fsp3) is 0.222. The summed E-state index contributed by atoms with van der Waals surface area (Å²) >= 11 is 23.6. The van der Waals surface area contributed by atoms with Gasteiger partial charge in [-0.2, -0.15) is 0 Å². The number of hydrogen-bond donors (Lipinski definition) is 0. The van der Waals surface area contributed by atoms with Crippen LogP contribution in [0, 0.1) is 27.7 Å². The molecule has 32 nitrogen and oxygen atoms in total. The van der Waals surface area contributed by atoms with E-state index in [9.17, 15) is 87.5 Å². The van der Waals surface area contributed by atoms with Gasteiger partial charge < -0.3 is 87.3 Å². The molecule has 0 bridgehead atoms. The average molecular weight is 1930 g/mol. The molecule has 0 fully saturated rings. The fourth-order valence-electron chi connectivity index (χ4n) is 12.5. The van der Waals surface area contributed by atoms with Crippen molar-refractivity contribution in [3.05, 3.63) is 257 Å². The first-order valence-electron chi connectivity index (χ1n) is 37.4. The molecule has 4 aromatic heterocycles. The number of carbonyl (C=O) groups is 14. The van der Waals surface area contributed by atoms with Crippen molar-refractivity contribution < 1.29 is 160 Å². The van der Waals surface area contributed by atoms with Crippen molar-refractivity contribution in [1.82, 2.24) is 28.1 Å². The molecule has 12 aromatic rings. The van der Waals surface area contributed by atoms with Crippen LogP contribution in [0.1, 0.15) is 86.5 Å². The van der Waals surface area contributed by atoms with Gasteiger partial charge in [0.2, 0.25) is 12.8 Å². The third-order valence-electron chi connectivity index (χ3n) is 18.5. The summed E-state index contributed by atoms with van der Waals surface area (Å²) in [6.45, 7) is 3.52. The van der Waals surface area contributed by atoms with Crippen molar-refractivity contribution in [3.63, 3.8) is 0 Å². The molecule has 0 aliphatic rings. The van der Waals surface area contributed by atoms with Crippen molar-refractivity contribution in [2.75, 3.05) is 83.1 Å². The summed E-state index contributed by atoms with van der Waals surface area (Å²) in [6, 6.07) is 46.6. The second-order valence-corrected chi connectivity index (χ2v) is 29.1. The number of aliphatic carboxylic acids is 4. The number of carboxylic acid groups (broad SMARTS) is 4. The summed E-state index contributed by atoms with van der Waals surface area (Å²) in [5.74, 6) is -7.85. The number of fused-ring (bicyclic) bond motifs is 4. The smallest absolute Gasteiger partial charge is 0.546 e. The average Bonchev–Trinajstić information content (AvgIpc) is 1.63. The molecule has 4 heterocycles. The molecule has 128 heavy (non-hydrogen) atoms. The predicted molar refractivity (Wildman–Crippen MR) is 456 cm³/mol. The molecule has 2 amide bonds. The van der Waals surface area contributed by atoms with Crippen molar-refractivity contribution in [2.24, 2.45) is 0 Å². The monoisotopic (exact) mass is 1930 g/mol. The van der Waals surface area contributed by atoms with Crippen LogP contribution >= 0.6 is 46.4 Å². The molecule has 678 valence electrons. The number of ether oxygens (including phenoxy) is 8. The van der Waals surface area contributed by atoms with Gasteiger partial charge in [-0.15, -0.1) is 0 Å². The maximum Gasteiger partial charge on any atom is 2.00 e. The number of esters is 4. The van der Waals surface area contributed by atoms with Crippen LogP contribution in [-0.4, -0.2) is 195 Å². The number of carboxylic acids is 4. The molecular weight excluding hydrogens is 1850 g/mol. The van der Waals surface area contributed by atoms with E-state index in [0.717, 1.165) is 12.8 Å². The van der Waals surface area contributed by atoms with E-state index in [-0.39, 0.29) is 83.4 Å². The standard InChI is InChI=1S/4C21H18ClNO6.2C3H7NO.2Cu/c4*1-12-16(10-20(26)29-11-19(24)25)17-9-15(28-2)7-8-18(17)23(12)21(27)13-3-5-14(22)6-4-13;2*1-4(2)3-5;;/h4*3-9H,10-11H2,1-2H3,(H,24,25);2*3H,1-2H3;;/q;;;;;;2*+2/p-4. The molecule has 0 saturated carbocycles. The molecule has 0 N–H and O–H groups in total. The van der Waals surface area contributed by atoms with Gasteiger partial charge in [0.1, 0.15) is 49.4 Å². The largest absolute Gasteiger partial charge is 2.00 e. The fourth-order valence-corrected chi connectivity index (χ4v) is 13.0. The molecular formula is C90H82Cl4Cu2N6O26. The number of rotatable bonds is 26. The van der Waals surface area contributed by atoms with Gasteiger partial charge in [0, 0.05) is 115 Å². The molecule has 0 aliphatic carbocycles. The number of nitrogens with zero attached hydrogens (tertiary/aromatic N) is 6. The molecule has 0 saturated heterocycles. The van der Waals surface area contributed by atoms with E-state index in [1.165, 1.54) is 56.5 Å². The first-order chi connectivity index (χ1) is 59.8. The van der Waals surface area contributed by atoms with Gasteiger partial charge in [0.05, 0.1) is 100 Å². The van der Waals surface area contributed by atoms with Crippen molar-refractivity contribution >= 4 is 174 Å². The van der Waals surface area contributed by atoms with Gasteiger partial charge in [-0.25, -0.2) is 0 Å². The van der Waals surface area contributed by atoms with E-state index in [2.05, 4.69) is 0 Å². The molecule has 38 heteroatoms. The number of carbonyl (C=O) groups excluding carboxylic acids is 14. The molecule has 0 unspecified atom stereocenters. The quantitative estimate of drug-likeness (QED) is 0.0215. The van der Waals surface area contributed by atoms with Crippen LogP contribution in [0.15, 0.2) is 170 Å². The Bertz CT molecular complexity index is 5360. The van der Waals surface area contributed by atoms with Gasteiger partial charge in [-0.1, -0.05) is 46.4 Å². The molecule has 0 aliphatic heterocycles. The number of halogens is 4. The van der Waals surface area contributed by atoms with Crippen LogP contribution in [0.25, 0.3) is 43.6 Å². The first kappa shape index (κ1) is 105. The molecule has 8 aromatic carbocycles. The van der Waals surface area contributed by atoms with Crippen LogP contribution in [0.5, 0.6) is 23.0 Å². The van der Waals surface area contributed by atoms with Crippen molar-refractivity contribution in [3.8, 4) is 23.0 Å². The maximum absolute atomic E-state index is 13.1. The Morgan fingerprint density at radius 1 is 0.305 bits per heavy atom. The van der Waals surface area contributed by atoms with E-state index < -0.39 is 74.2 Å². The molecule has 2 radical (unpaired) electrons. The summed E-state index contributed by atoms with van der Waals surface area (Å²) in [6.07, 6.45) is 0.681. The third kappa shape index (κ3) is 28.4. The Kier molecular flexibility index (Phi) is 40.7. The van der Waals surface area contributed by atoms with Gasteiger partial charge in [0.15, 0.2) is 0 Å². The van der Waals surface area contributed by atoms with E-state index >= 15 is 0 Å². The van der Waals surface area contributed by atoms with Crippen LogP contribution in [-0.2, 0) is 127 Å². The number of aromatic nitrogens is 4. The summed E-state index contributed by atoms with van der Waals surface area (Å²) in [5, 5.41) is 46.7. The number of amides is 2. The zero-order valence-corrected chi connectivity index (χ0v) is 75.3. The van der Waals surface area contributed by atoms with Crippen LogP contribution < -0.4 is 39.4 Å². The normalized spacial score (nSPS) is 10.2. The SMILES string of the molecule is CN(C)C=O.CN(C)C=O.COc1ccc2c(c1)c(CC(=O)OCC(=O)[O-])c(C)n2C(=O)c1ccc(Cl)cc1.COc1ccc2c(c1)c(CC(=O)OCC(=O)[O-])c(C)n2C(=O)c1ccc(Cl)cc1.COc1ccc2c(c1)c(CC(=O)OCC(=O)[O-])c(C)n2C(=O)c1ccc(Cl)cc1.COc1ccc2c(c1)c(CC(=O)OCC(=O)[O-])c(C)n2C(=O)c1ccc(Cl)cc1.[Cu+2].[Cu+2]. The van der Waals surface area contributed by atoms with E-state index in [1.807, 2.05) is 0 Å². The molecule has 0 spiro atoms. The number of methoxy groups -OCH3 is 4. The zero-order valence-electron chi connectivity index (χ0n) is 70.4. The van der Waals surface area contributed by atoms with Crippen molar-refractivity contribution in [1.29, 1.82) is 0 Å². The Labute approximate surface area is 773 Å². The van der Waals surface area contributed by atoms with Crippen molar-refractivity contribution in [2.45, 2.75) is 53.4 Å². The minimum absolute atomic E-state index is 0. The zero-order chi connectivity index (χ0) is 93.1. The number of benzene rings is 8. The van der Waals surface area contributed by atoms with Gasteiger partial charge in [0.25, 0.3) is 23.6 Å². The summed E-state index contributed by atoms with van der Waals surface area (Å²) < 4.78 is 45.8. The second kappa shape index (κ2) is 49.6. The summed E-state index contributed by atoms with van der Waals surface area (Å²) in [7, 11) is 12.8. The molecule has 0 atom stereocenters. The van der Waals surface area contributed by atoms with Gasteiger partial charge in [-0.3, -0.25) is 66.2 Å². The second-order valence-electron chi connectivity index (χ2n) is 27.4. The van der Waals surface area contributed by atoms with Crippen LogP contribution in [0.3, 0.4) is 0 Å². The Morgan fingerprint density at radius 2 is 0.469 bits per heavy atom. The van der Waals surface area contributed by atoms with Crippen LogP contribution in [0.4, 0.5) is 0 Å². The van der Waals surface area contributed by atoms with Crippen LogP contribution in [0.2, 0.25) is 20.1 Å². The Balaban J connectivity index is 0.000000290. The van der Waals surface area contributed by atoms with E-state index in [0.29, 0.717) is 154 Å². The van der Waals surface area contributed by atoms with E-state index in [1.54, 1.807) is 226 Å².